The molecule has 0 saturated carbocycles. The molecule has 0 radical (unpaired) electrons. The summed E-state index contributed by atoms with van der Waals surface area (Å²) in [6, 6.07) is 9.52. The van der Waals surface area contributed by atoms with Gasteiger partial charge in [0.15, 0.2) is 0 Å². The van der Waals surface area contributed by atoms with E-state index in [2.05, 4.69) is 10.6 Å². The van der Waals surface area contributed by atoms with E-state index in [0.29, 0.717) is 18.5 Å². The predicted molar refractivity (Wildman–Crippen MR) is 74.0 cm³/mol. The Labute approximate surface area is 110 Å². The molecule has 0 aliphatic carbocycles. The third-order valence-corrected chi connectivity index (χ3v) is 3.42. The van der Waals surface area contributed by atoms with Crippen molar-refractivity contribution in [3.8, 4) is 0 Å². The fourth-order valence-corrected chi connectivity index (χ4v) is 2.42. The van der Waals surface area contributed by atoms with Crippen molar-refractivity contribution in [1.82, 2.24) is 5.32 Å². The minimum Gasteiger partial charge on any atom is -0.352 e. The van der Waals surface area contributed by atoms with Gasteiger partial charge in [0, 0.05) is 29.6 Å². The van der Waals surface area contributed by atoms with Crippen LogP contribution in [-0.2, 0) is 11.3 Å². The van der Waals surface area contributed by atoms with Gasteiger partial charge in [-0.25, -0.2) is 0 Å². The monoisotopic (exact) mass is 254 g/mol. The lowest BCUT2D eigenvalue weighted by Gasteiger charge is -2.08. The molecule has 0 spiro atoms. The summed E-state index contributed by atoms with van der Waals surface area (Å²) < 4.78 is 0. The molecular weight excluding hydrogens is 240 g/mol. The molecule has 96 valence electrons. The number of nitrogens with one attached hydrogen (secondary N) is 2. The molecule has 0 unspecified atom stereocenters. The summed E-state index contributed by atoms with van der Waals surface area (Å²) in [5.41, 5.74) is 2.58. The van der Waals surface area contributed by atoms with Gasteiger partial charge in [0.25, 0.3) is 5.91 Å². The molecule has 19 heavy (non-hydrogen) atoms. The maximum atomic E-state index is 11.8. The van der Waals surface area contributed by atoms with E-state index in [4.69, 9.17) is 0 Å². The lowest BCUT2D eigenvalue weighted by atomic mass is 10.0. The number of rotatable bonds is 3. The lowest BCUT2D eigenvalue weighted by molar-refractivity contribution is -0.120. The van der Waals surface area contributed by atoms with Crippen molar-refractivity contribution in [2.75, 3.05) is 5.32 Å². The van der Waals surface area contributed by atoms with E-state index in [1.807, 2.05) is 37.3 Å². The fourth-order valence-electron chi connectivity index (χ4n) is 2.42. The average Bonchev–Trinajstić information content (AvgIpc) is 2.76. The van der Waals surface area contributed by atoms with Crippen LogP contribution in [0.1, 0.15) is 29.3 Å². The van der Waals surface area contributed by atoms with Crippen LogP contribution in [-0.4, -0.2) is 11.8 Å². The quantitative estimate of drug-likeness (QED) is 0.883. The molecule has 2 N–H and O–H groups in total. The highest BCUT2D eigenvalue weighted by molar-refractivity contribution is 6.24. The zero-order valence-corrected chi connectivity index (χ0v) is 10.6. The van der Waals surface area contributed by atoms with E-state index in [9.17, 15) is 9.59 Å². The van der Waals surface area contributed by atoms with Crippen molar-refractivity contribution in [3.63, 3.8) is 0 Å². The molecule has 2 amide bonds. The molecule has 0 bridgehead atoms. The second-order valence-corrected chi connectivity index (χ2v) is 4.58. The van der Waals surface area contributed by atoms with Crippen LogP contribution in [0, 0.1) is 0 Å². The van der Waals surface area contributed by atoms with Crippen LogP contribution in [0.5, 0.6) is 0 Å². The van der Waals surface area contributed by atoms with E-state index < -0.39 is 0 Å². The molecule has 0 aromatic heterocycles. The molecule has 0 atom stereocenters. The van der Waals surface area contributed by atoms with Crippen molar-refractivity contribution >= 4 is 28.3 Å². The van der Waals surface area contributed by atoms with Crippen molar-refractivity contribution in [1.29, 1.82) is 0 Å². The first-order valence-electron chi connectivity index (χ1n) is 6.33. The van der Waals surface area contributed by atoms with Gasteiger partial charge in [-0.1, -0.05) is 25.1 Å². The Kier molecular flexibility index (Phi) is 2.71. The number of carbonyl (C=O) groups is 2. The molecule has 4 nitrogen and oxygen atoms in total. The molecule has 1 aliphatic heterocycles. The van der Waals surface area contributed by atoms with Gasteiger partial charge in [-0.2, -0.15) is 0 Å². The predicted octanol–water partition coefficient (Wildman–Crippen LogP) is 2.43. The van der Waals surface area contributed by atoms with Crippen LogP contribution >= 0.6 is 0 Å². The summed E-state index contributed by atoms with van der Waals surface area (Å²) in [5.74, 6) is -0.0344. The van der Waals surface area contributed by atoms with Gasteiger partial charge in [-0.15, -0.1) is 0 Å². The Balaban J connectivity index is 2.06. The summed E-state index contributed by atoms with van der Waals surface area (Å²) in [7, 11) is 0. The molecule has 1 aliphatic rings. The number of hydrogen-bond acceptors (Lipinski definition) is 2. The number of amides is 2. The second-order valence-electron chi connectivity index (χ2n) is 4.58. The summed E-state index contributed by atoms with van der Waals surface area (Å²) in [4.78, 5) is 23.1. The van der Waals surface area contributed by atoms with E-state index >= 15 is 0 Å². The first kappa shape index (κ1) is 11.7. The third kappa shape index (κ3) is 1.85. The first-order valence-corrected chi connectivity index (χ1v) is 6.33. The maximum Gasteiger partial charge on any atom is 0.256 e. The Morgan fingerprint density at radius 2 is 2.11 bits per heavy atom. The first-order chi connectivity index (χ1) is 9.20. The zero-order valence-electron chi connectivity index (χ0n) is 10.6. The minimum absolute atomic E-state index is 0.0254. The number of hydrogen-bond donors (Lipinski definition) is 2. The van der Waals surface area contributed by atoms with Crippen LogP contribution < -0.4 is 10.6 Å². The van der Waals surface area contributed by atoms with Crippen LogP contribution in [0.2, 0.25) is 0 Å². The molecule has 3 rings (SSSR count). The van der Waals surface area contributed by atoms with Crippen molar-refractivity contribution in [3.05, 3.63) is 41.5 Å². The SMILES string of the molecule is CCC(=O)NCc1ccc2c3c(cccc13)C(=O)N2. The topological polar surface area (TPSA) is 58.2 Å². The molecule has 2 aromatic rings. The summed E-state index contributed by atoms with van der Waals surface area (Å²) >= 11 is 0. The molecular formula is C15H14N2O2. The van der Waals surface area contributed by atoms with Gasteiger partial charge < -0.3 is 10.6 Å². The number of benzene rings is 2. The van der Waals surface area contributed by atoms with E-state index in [1.54, 1.807) is 0 Å². The summed E-state index contributed by atoms with van der Waals surface area (Å²) in [5, 5.41) is 7.69. The lowest BCUT2D eigenvalue weighted by Crippen LogP contribution is -2.21. The third-order valence-electron chi connectivity index (χ3n) is 3.42. The maximum absolute atomic E-state index is 11.8. The Morgan fingerprint density at radius 1 is 1.26 bits per heavy atom. The molecule has 2 aromatic carbocycles. The van der Waals surface area contributed by atoms with Crippen molar-refractivity contribution < 1.29 is 9.59 Å². The Hall–Kier alpha value is -2.36. The second kappa shape index (κ2) is 4.39. The van der Waals surface area contributed by atoms with Gasteiger partial charge in [0.05, 0.1) is 0 Å². The van der Waals surface area contributed by atoms with E-state index in [0.717, 1.165) is 22.0 Å². The number of anilines is 1. The average molecular weight is 254 g/mol. The van der Waals surface area contributed by atoms with E-state index in [1.165, 1.54) is 0 Å². The Bertz CT molecular complexity index is 692. The smallest absolute Gasteiger partial charge is 0.256 e. The van der Waals surface area contributed by atoms with Crippen molar-refractivity contribution in [2.45, 2.75) is 19.9 Å². The van der Waals surface area contributed by atoms with Gasteiger partial charge in [-0.3, -0.25) is 9.59 Å². The Morgan fingerprint density at radius 3 is 2.89 bits per heavy atom. The highest BCUT2D eigenvalue weighted by Gasteiger charge is 2.21. The largest absolute Gasteiger partial charge is 0.352 e. The van der Waals surface area contributed by atoms with Crippen molar-refractivity contribution in [2.24, 2.45) is 0 Å². The van der Waals surface area contributed by atoms with Crippen LogP contribution in [0.4, 0.5) is 5.69 Å². The fraction of sp³-hybridized carbons (Fsp3) is 0.200. The standard InChI is InChI=1S/C15H14N2O2/c1-2-13(18)16-8-9-6-7-12-14-10(9)4-3-5-11(14)15(19)17-12/h3-7H,2,8H2,1H3,(H,16,18)(H,17,19). The van der Waals surface area contributed by atoms with Crippen LogP contribution in [0.25, 0.3) is 10.8 Å². The van der Waals surface area contributed by atoms with Gasteiger partial charge >= 0.3 is 0 Å². The highest BCUT2D eigenvalue weighted by Crippen LogP contribution is 2.34. The summed E-state index contributed by atoms with van der Waals surface area (Å²) in [6.45, 7) is 2.31. The molecule has 4 heteroatoms. The minimum atomic E-state index is -0.0599. The number of carbonyl (C=O) groups excluding carboxylic acids is 2. The van der Waals surface area contributed by atoms with E-state index in [-0.39, 0.29) is 11.8 Å². The van der Waals surface area contributed by atoms with Crippen LogP contribution in [0.15, 0.2) is 30.3 Å². The normalized spacial score (nSPS) is 12.6. The highest BCUT2D eigenvalue weighted by atomic mass is 16.2. The molecule has 1 heterocycles. The van der Waals surface area contributed by atoms with Gasteiger partial charge in [0.1, 0.15) is 0 Å². The zero-order chi connectivity index (χ0) is 13.4. The van der Waals surface area contributed by atoms with Crippen LogP contribution in [0.3, 0.4) is 0 Å². The van der Waals surface area contributed by atoms with Gasteiger partial charge in [0.2, 0.25) is 5.91 Å². The molecule has 0 saturated heterocycles. The summed E-state index contributed by atoms with van der Waals surface area (Å²) in [6.07, 6.45) is 0.474. The molecule has 0 fully saturated rings. The van der Waals surface area contributed by atoms with Gasteiger partial charge in [-0.05, 0) is 23.1 Å².